The summed E-state index contributed by atoms with van der Waals surface area (Å²) in [5, 5.41) is 32.0. The lowest BCUT2D eigenvalue weighted by Crippen LogP contribution is -2.22. The highest BCUT2D eigenvalue weighted by Gasteiger charge is 2.25. The lowest BCUT2D eigenvalue weighted by molar-refractivity contribution is 1.76. The summed E-state index contributed by atoms with van der Waals surface area (Å²) in [6.45, 7) is 0. The van der Waals surface area contributed by atoms with E-state index in [1.807, 2.05) is 0 Å². The van der Waals surface area contributed by atoms with Crippen LogP contribution >= 0.6 is 15.8 Å². The fraction of sp³-hybridized carbons (Fsp3) is 0. The summed E-state index contributed by atoms with van der Waals surface area (Å²) in [6.07, 6.45) is 0. The Balaban J connectivity index is 0.000000144. The molecule has 0 radical (unpaired) electrons. The zero-order chi connectivity index (χ0) is 49.0. The van der Waals surface area contributed by atoms with Crippen molar-refractivity contribution in [2.75, 3.05) is 0 Å². The van der Waals surface area contributed by atoms with Crippen molar-refractivity contribution in [3.63, 3.8) is 0 Å². The molecule has 2 heteroatoms. The van der Waals surface area contributed by atoms with Crippen LogP contribution < -0.4 is 31.8 Å². The Morgan fingerprint density at radius 1 is 0.135 bits per heavy atom. The summed E-state index contributed by atoms with van der Waals surface area (Å²) >= 11 is 0. The molecular weight excluding hydrogens is 927 g/mol. The van der Waals surface area contributed by atoms with Crippen LogP contribution in [0.3, 0.4) is 0 Å². The smallest absolute Gasteiger partial charge is 0.00720 e. The van der Waals surface area contributed by atoms with Gasteiger partial charge in [-0.2, -0.15) is 0 Å². The van der Waals surface area contributed by atoms with Crippen LogP contribution in [0.1, 0.15) is 0 Å². The monoisotopic (exact) mass is 974 g/mol. The van der Waals surface area contributed by atoms with Crippen LogP contribution in [0.5, 0.6) is 0 Å². The second kappa shape index (κ2) is 18.8. The first kappa shape index (κ1) is 44.2. The summed E-state index contributed by atoms with van der Waals surface area (Å²) in [4.78, 5) is 0. The highest BCUT2D eigenvalue weighted by atomic mass is 31.1. The molecule has 0 aliphatic rings. The molecule has 0 amide bonds. The van der Waals surface area contributed by atoms with Gasteiger partial charge in [0.05, 0.1) is 0 Å². The first-order chi connectivity index (χ1) is 36.7. The molecule has 0 aliphatic carbocycles. The van der Waals surface area contributed by atoms with Crippen LogP contribution in [0.15, 0.2) is 291 Å². The van der Waals surface area contributed by atoms with Gasteiger partial charge in [-0.1, -0.05) is 255 Å². The number of rotatable bonds is 6. The molecule has 0 unspecified atom stereocenters. The largest absolute Gasteiger partial charge is 0.0616 e. The fourth-order valence-electron chi connectivity index (χ4n) is 11.4. The van der Waals surface area contributed by atoms with E-state index >= 15 is 0 Å². The van der Waals surface area contributed by atoms with Crippen molar-refractivity contribution in [2.45, 2.75) is 0 Å². The summed E-state index contributed by atoms with van der Waals surface area (Å²) in [7, 11) is -1.66. The minimum Gasteiger partial charge on any atom is -0.0616 e. The van der Waals surface area contributed by atoms with Gasteiger partial charge in [-0.15, -0.1) is 0 Å². The van der Waals surface area contributed by atoms with Crippen LogP contribution in [-0.4, -0.2) is 0 Å². The predicted molar refractivity (Wildman–Crippen MR) is 328 cm³/mol. The van der Waals surface area contributed by atoms with Crippen LogP contribution in [0.4, 0.5) is 0 Å². The molecule has 0 atom stereocenters. The van der Waals surface area contributed by atoms with E-state index in [2.05, 4.69) is 291 Å². The van der Waals surface area contributed by atoms with Crippen LogP contribution in [-0.2, 0) is 0 Å². The first-order valence-corrected chi connectivity index (χ1v) is 28.2. The van der Waals surface area contributed by atoms with Crippen molar-refractivity contribution in [2.24, 2.45) is 0 Å². The van der Waals surface area contributed by atoms with E-state index < -0.39 is 15.8 Å². The molecule has 0 aliphatic heterocycles. The number of benzene rings is 15. The SMILES string of the molecule is c1ccc2c(P(c3cccc4ccccc34)c3cccc4ccccc34)cccc2c1.c1ccc2cc3c(P(c4cccc5cc6ccccc6cc45)c4cccc5cc6ccccc6cc45)cccc3cc2c1. The minimum absolute atomic E-state index is 0.745. The van der Waals surface area contributed by atoms with Crippen LogP contribution in [0, 0.1) is 0 Å². The average molecular weight is 975 g/mol. The topological polar surface area (TPSA) is 0 Å². The van der Waals surface area contributed by atoms with E-state index in [1.54, 1.807) is 0 Å². The molecule has 74 heavy (non-hydrogen) atoms. The third kappa shape index (κ3) is 7.87. The third-order valence-corrected chi connectivity index (χ3v) is 20.1. The summed E-state index contributed by atoms with van der Waals surface area (Å²) in [5.74, 6) is 0. The quantitative estimate of drug-likeness (QED) is 0.115. The number of hydrogen-bond acceptors (Lipinski definition) is 0. The van der Waals surface area contributed by atoms with Crippen molar-refractivity contribution in [3.8, 4) is 0 Å². The van der Waals surface area contributed by atoms with E-state index in [0.717, 1.165) is 0 Å². The zero-order valence-electron chi connectivity index (χ0n) is 40.6. The van der Waals surface area contributed by atoms with E-state index in [9.17, 15) is 0 Å². The Hall–Kier alpha value is -8.50. The minimum atomic E-state index is -0.912. The van der Waals surface area contributed by atoms with Gasteiger partial charge in [-0.3, -0.25) is 0 Å². The van der Waals surface area contributed by atoms with Gasteiger partial charge in [0.2, 0.25) is 0 Å². The van der Waals surface area contributed by atoms with Crippen molar-refractivity contribution in [1.82, 2.24) is 0 Å². The molecule has 0 heterocycles. The molecule has 0 nitrogen and oxygen atoms in total. The summed E-state index contributed by atoms with van der Waals surface area (Å²) < 4.78 is 0. The van der Waals surface area contributed by atoms with Gasteiger partial charge in [0.15, 0.2) is 0 Å². The van der Waals surface area contributed by atoms with Crippen LogP contribution in [0.2, 0.25) is 0 Å². The maximum absolute atomic E-state index is 2.41. The summed E-state index contributed by atoms with van der Waals surface area (Å²) in [5.41, 5.74) is 0. The van der Waals surface area contributed by atoms with Gasteiger partial charge in [0.1, 0.15) is 0 Å². The van der Waals surface area contributed by atoms with Crippen molar-refractivity contribution >= 4 is 145 Å². The Morgan fingerprint density at radius 3 is 0.595 bits per heavy atom. The second-order valence-corrected chi connectivity index (χ2v) is 23.5. The normalized spacial score (nSPS) is 11.8. The molecule has 0 saturated heterocycles. The van der Waals surface area contributed by atoms with E-state index in [1.165, 1.54) is 129 Å². The standard InChI is InChI=1S/C42H27P.C30H21P/c1-4-13-31-25-37-34(22-28(31)10-1)16-7-19-40(37)43(41-20-8-17-35-23-29-11-2-5-14-32(29)26-38(35)41)42-21-9-18-36-24-30-12-3-6-15-33(30)27-39(36)42;1-4-16-25-22(10-1)13-7-19-28(25)31(29-20-8-14-23-11-2-5-17-26(23)29)30-21-9-15-24-12-3-6-18-27(24)30/h1-27H;1-21H. The molecule has 0 fully saturated rings. The van der Waals surface area contributed by atoms with Gasteiger partial charge in [-0.05, 0) is 181 Å². The van der Waals surface area contributed by atoms with Crippen molar-refractivity contribution in [1.29, 1.82) is 0 Å². The van der Waals surface area contributed by atoms with Gasteiger partial charge in [0.25, 0.3) is 0 Å². The number of hydrogen-bond donors (Lipinski definition) is 0. The lowest BCUT2D eigenvalue weighted by atomic mass is 10.0. The maximum atomic E-state index is 2.41. The Kier molecular flexibility index (Phi) is 11.3. The molecule has 15 aromatic carbocycles. The molecule has 0 N–H and O–H groups in total. The first-order valence-electron chi connectivity index (χ1n) is 25.5. The Bertz CT molecular complexity index is 4160. The highest BCUT2D eigenvalue weighted by Crippen LogP contribution is 2.43. The third-order valence-electron chi connectivity index (χ3n) is 14.9. The number of fused-ring (bicyclic) bond motifs is 9. The molecular formula is C72H48P2. The maximum Gasteiger partial charge on any atom is -0.00720 e. The molecule has 0 saturated carbocycles. The molecule has 0 spiro atoms. The van der Waals surface area contributed by atoms with E-state index in [4.69, 9.17) is 0 Å². The molecule has 15 aromatic rings. The Labute approximate surface area is 433 Å². The molecule has 0 bridgehead atoms. The van der Waals surface area contributed by atoms with E-state index in [0.29, 0.717) is 0 Å². The summed E-state index contributed by atoms with van der Waals surface area (Å²) in [6, 6.07) is 108. The van der Waals surface area contributed by atoms with Crippen molar-refractivity contribution < 1.29 is 0 Å². The predicted octanol–water partition coefficient (Wildman–Crippen LogP) is 17.3. The van der Waals surface area contributed by atoms with Gasteiger partial charge in [-0.25, -0.2) is 0 Å². The van der Waals surface area contributed by atoms with Gasteiger partial charge >= 0.3 is 0 Å². The van der Waals surface area contributed by atoms with Gasteiger partial charge in [0, 0.05) is 0 Å². The second-order valence-electron chi connectivity index (χ2n) is 19.3. The zero-order valence-corrected chi connectivity index (χ0v) is 42.4. The molecule has 346 valence electrons. The van der Waals surface area contributed by atoms with Crippen LogP contribution in [0.25, 0.3) is 97.0 Å². The lowest BCUT2D eigenvalue weighted by Gasteiger charge is -2.25. The molecule has 0 aromatic heterocycles. The van der Waals surface area contributed by atoms with Gasteiger partial charge < -0.3 is 0 Å². The van der Waals surface area contributed by atoms with E-state index in [-0.39, 0.29) is 0 Å². The average Bonchev–Trinajstić information content (AvgIpc) is 3.46. The highest BCUT2D eigenvalue weighted by molar-refractivity contribution is 7.81. The van der Waals surface area contributed by atoms with Crippen molar-refractivity contribution in [3.05, 3.63) is 291 Å². The molecule has 15 rings (SSSR count). The Morgan fingerprint density at radius 2 is 0.324 bits per heavy atom. The fourth-order valence-corrected chi connectivity index (χ4v) is 17.0.